The minimum atomic E-state index is -0.383. The van der Waals surface area contributed by atoms with E-state index in [1.54, 1.807) is 24.7 Å². The Labute approximate surface area is 181 Å². The third kappa shape index (κ3) is 4.20. The molecule has 158 valence electrons. The maximum absolute atomic E-state index is 12.3. The van der Waals surface area contributed by atoms with E-state index in [4.69, 9.17) is 0 Å². The fraction of sp³-hybridized carbons (Fsp3) is 0.304. The number of fused-ring (bicyclic) bond motifs is 1. The molecule has 0 bridgehead atoms. The smallest absolute Gasteiger partial charge is 0.324 e. The zero-order valence-electron chi connectivity index (χ0n) is 17.4. The quantitative estimate of drug-likeness (QED) is 0.606. The Bertz CT molecular complexity index is 1090. The molecule has 2 aliphatic rings. The summed E-state index contributed by atoms with van der Waals surface area (Å²) < 4.78 is 0. The van der Waals surface area contributed by atoms with Crippen molar-refractivity contribution in [2.45, 2.75) is 25.8 Å². The molecule has 8 nitrogen and oxygen atoms in total. The van der Waals surface area contributed by atoms with Crippen LogP contribution in [0.15, 0.2) is 48.9 Å². The largest absolute Gasteiger partial charge is 0.367 e. The highest BCUT2D eigenvalue weighted by Gasteiger charge is 2.28. The Morgan fingerprint density at radius 2 is 2.10 bits per heavy atom. The van der Waals surface area contributed by atoms with Gasteiger partial charge in [-0.05, 0) is 56.1 Å². The number of anilines is 3. The van der Waals surface area contributed by atoms with Gasteiger partial charge in [-0.15, -0.1) is 0 Å². The summed E-state index contributed by atoms with van der Waals surface area (Å²) in [5, 5.41) is 8.95. The molecule has 2 aliphatic heterocycles. The van der Waals surface area contributed by atoms with Gasteiger partial charge < -0.3 is 15.5 Å². The molecule has 0 spiro atoms. The number of rotatable bonds is 4. The second kappa shape index (κ2) is 8.31. The average molecular weight is 416 g/mol. The van der Waals surface area contributed by atoms with Crippen molar-refractivity contribution in [1.29, 1.82) is 0 Å². The molecule has 1 atom stereocenters. The van der Waals surface area contributed by atoms with Crippen LogP contribution in [0.4, 0.5) is 22.0 Å². The number of pyridine rings is 1. The van der Waals surface area contributed by atoms with Gasteiger partial charge in [-0.3, -0.25) is 15.3 Å². The van der Waals surface area contributed by atoms with Crippen LogP contribution in [0.25, 0.3) is 11.3 Å². The van der Waals surface area contributed by atoms with Crippen LogP contribution in [0.5, 0.6) is 0 Å². The van der Waals surface area contributed by atoms with Gasteiger partial charge in [0.1, 0.15) is 0 Å². The first-order valence-corrected chi connectivity index (χ1v) is 10.6. The van der Waals surface area contributed by atoms with Crippen molar-refractivity contribution in [1.82, 2.24) is 20.3 Å². The van der Waals surface area contributed by atoms with Crippen molar-refractivity contribution < 1.29 is 4.79 Å². The summed E-state index contributed by atoms with van der Waals surface area (Å²) in [6.45, 7) is 5.11. The molecular weight excluding hydrogens is 390 g/mol. The van der Waals surface area contributed by atoms with Crippen molar-refractivity contribution in [2.75, 3.05) is 35.2 Å². The van der Waals surface area contributed by atoms with E-state index in [-0.39, 0.29) is 6.03 Å². The Kier molecular flexibility index (Phi) is 5.21. The van der Waals surface area contributed by atoms with E-state index in [1.165, 1.54) is 17.7 Å². The van der Waals surface area contributed by atoms with Crippen molar-refractivity contribution >= 4 is 23.2 Å². The lowest BCUT2D eigenvalue weighted by molar-refractivity contribution is 0.262. The van der Waals surface area contributed by atoms with Crippen molar-refractivity contribution in [2.24, 2.45) is 0 Å². The SMILES string of the molecule is Cc1ccc(NC(=O)Nc2cncc(-c3ccc4c(c3)CCN4C3CCNC3)n2)cn1. The number of aromatic nitrogens is 3. The molecule has 0 radical (unpaired) electrons. The van der Waals surface area contributed by atoms with Crippen molar-refractivity contribution in [3.8, 4) is 11.3 Å². The van der Waals surface area contributed by atoms with Crippen LogP contribution in [0, 0.1) is 6.92 Å². The number of nitrogens with one attached hydrogen (secondary N) is 3. The van der Waals surface area contributed by atoms with Crippen LogP contribution in [-0.2, 0) is 6.42 Å². The Balaban J connectivity index is 1.30. The number of aryl methyl sites for hydroxylation is 1. The molecule has 31 heavy (non-hydrogen) atoms. The second-order valence-corrected chi connectivity index (χ2v) is 7.99. The van der Waals surface area contributed by atoms with Gasteiger partial charge in [-0.1, -0.05) is 6.07 Å². The maximum atomic E-state index is 12.3. The van der Waals surface area contributed by atoms with Crippen molar-refractivity contribution in [3.05, 3.63) is 60.2 Å². The van der Waals surface area contributed by atoms with E-state index in [0.717, 1.165) is 43.0 Å². The van der Waals surface area contributed by atoms with Crippen LogP contribution in [0.3, 0.4) is 0 Å². The molecule has 1 saturated heterocycles. The molecule has 1 aromatic carbocycles. The average Bonchev–Trinajstić information content (AvgIpc) is 3.44. The van der Waals surface area contributed by atoms with Gasteiger partial charge in [0, 0.05) is 36.1 Å². The summed E-state index contributed by atoms with van der Waals surface area (Å²) in [5.41, 5.74) is 5.91. The van der Waals surface area contributed by atoms with E-state index in [2.05, 4.69) is 54.0 Å². The van der Waals surface area contributed by atoms with E-state index < -0.39 is 0 Å². The number of carbonyl (C=O) groups excluding carboxylic acids is 1. The molecule has 0 aliphatic carbocycles. The van der Waals surface area contributed by atoms with Crippen LogP contribution >= 0.6 is 0 Å². The van der Waals surface area contributed by atoms with Gasteiger partial charge in [-0.2, -0.15) is 0 Å². The predicted molar refractivity (Wildman–Crippen MR) is 121 cm³/mol. The summed E-state index contributed by atoms with van der Waals surface area (Å²) in [7, 11) is 0. The molecule has 5 rings (SSSR count). The number of amides is 2. The van der Waals surface area contributed by atoms with Crippen LogP contribution in [0.2, 0.25) is 0 Å². The van der Waals surface area contributed by atoms with Gasteiger partial charge in [0.2, 0.25) is 0 Å². The van der Waals surface area contributed by atoms with Crippen LogP contribution in [0.1, 0.15) is 17.7 Å². The number of hydrogen-bond donors (Lipinski definition) is 3. The molecule has 2 aromatic heterocycles. The Morgan fingerprint density at radius 1 is 1.16 bits per heavy atom. The summed E-state index contributed by atoms with van der Waals surface area (Å²) in [4.78, 5) is 27.9. The van der Waals surface area contributed by atoms with Gasteiger partial charge in [-0.25, -0.2) is 9.78 Å². The minimum absolute atomic E-state index is 0.383. The highest BCUT2D eigenvalue weighted by Crippen LogP contribution is 2.34. The van der Waals surface area contributed by atoms with E-state index in [9.17, 15) is 4.79 Å². The molecule has 2 amide bonds. The number of nitrogens with zero attached hydrogens (tertiary/aromatic N) is 4. The first-order chi connectivity index (χ1) is 15.2. The standard InChI is InChI=1S/C23H25N7O/c1-15-2-4-18(11-26-15)27-23(31)29-22-14-25-13-20(28-22)16-3-5-21-17(10-16)7-9-30(21)19-6-8-24-12-19/h2-5,10-11,13-14,19,24H,6-9,12H2,1H3,(H2,27,28,29,31). The fourth-order valence-corrected chi connectivity index (χ4v) is 4.26. The normalized spacial score (nSPS) is 17.5. The molecule has 3 aromatic rings. The number of hydrogen-bond acceptors (Lipinski definition) is 6. The molecular formula is C23H25N7O. The third-order valence-electron chi connectivity index (χ3n) is 5.83. The predicted octanol–water partition coefficient (Wildman–Crippen LogP) is 3.22. The summed E-state index contributed by atoms with van der Waals surface area (Å²) in [5.74, 6) is 0.397. The molecule has 4 heterocycles. The van der Waals surface area contributed by atoms with Gasteiger partial charge in [0.25, 0.3) is 0 Å². The van der Waals surface area contributed by atoms with E-state index >= 15 is 0 Å². The molecule has 1 fully saturated rings. The summed E-state index contributed by atoms with van der Waals surface area (Å²) in [6, 6.07) is 10.3. The maximum Gasteiger partial charge on any atom is 0.324 e. The van der Waals surface area contributed by atoms with E-state index in [1.807, 2.05) is 13.0 Å². The highest BCUT2D eigenvalue weighted by molar-refractivity contribution is 5.99. The fourth-order valence-electron chi connectivity index (χ4n) is 4.26. The minimum Gasteiger partial charge on any atom is -0.367 e. The number of benzene rings is 1. The number of carbonyl (C=O) groups is 1. The highest BCUT2D eigenvalue weighted by atomic mass is 16.2. The monoisotopic (exact) mass is 415 g/mol. The van der Waals surface area contributed by atoms with Gasteiger partial charge in [0.05, 0.1) is 30.0 Å². The topological polar surface area (TPSA) is 95.1 Å². The lowest BCUT2D eigenvalue weighted by Crippen LogP contribution is -2.35. The van der Waals surface area contributed by atoms with Gasteiger partial charge >= 0.3 is 6.03 Å². The third-order valence-corrected chi connectivity index (χ3v) is 5.83. The molecule has 3 N–H and O–H groups in total. The lowest BCUT2D eigenvalue weighted by atomic mass is 10.1. The first kappa shape index (κ1) is 19.4. The Morgan fingerprint density at radius 3 is 2.90 bits per heavy atom. The second-order valence-electron chi connectivity index (χ2n) is 7.99. The van der Waals surface area contributed by atoms with Crippen LogP contribution < -0.4 is 20.9 Å². The Hall–Kier alpha value is -3.52. The first-order valence-electron chi connectivity index (χ1n) is 10.6. The van der Waals surface area contributed by atoms with E-state index in [0.29, 0.717) is 17.5 Å². The summed E-state index contributed by atoms with van der Waals surface area (Å²) in [6.07, 6.45) is 7.12. The molecule has 0 saturated carbocycles. The zero-order chi connectivity index (χ0) is 21.2. The molecule has 8 heteroatoms. The lowest BCUT2D eigenvalue weighted by Gasteiger charge is -2.26. The number of urea groups is 1. The summed E-state index contributed by atoms with van der Waals surface area (Å²) >= 11 is 0. The molecule has 1 unspecified atom stereocenters. The van der Waals surface area contributed by atoms with Crippen LogP contribution in [-0.4, -0.2) is 46.7 Å². The zero-order valence-corrected chi connectivity index (χ0v) is 17.4. The van der Waals surface area contributed by atoms with Gasteiger partial charge in [0.15, 0.2) is 5.82 Å². The van der Waals surface area contributed by atoms with Crippen molar-refractivity contribution in [3.63, 3.8) is 0 Å².